The average molecular weight is 655 g/mol. The highest BCUT2D eigenvalue weighted by atomic mass is 35.5. The number of carboxylic acids is 1. The lowest BCUT2D eigenvalue weighted by molar-refractivity contribution is -0.138. The second-order valence-electron chi connectivity index (χ2n) is 9.83. The van der Waals surface area contributed by atoms with Gasteiger partial charge in [0.2, 0.25) is 11.8 Å². The van der Waals surface area contributed by atoms with Crippen LogP contribution in [0.5, 0.6) is 11.6 Å². The van der Waals surface area contributed by atoms with E-state index in [0.717, 1.165) is 42.9 Å². The van der Waals surface area contributed by atoms with Gasteiger partial charge >= 0.3 is 5.97 Å². The summed E-state index contributed by atoms with van der Waals surface area (Å²) >= 11 is 12.6. The van der Waals surface area contributed by atoms with E-state index >= 15 is 0 Å². The van der Waals surface area contributed by atoms with E-state index in [1.54, 1.807) is 24.7 Å². The molecule has 4 aromatic rings. The second kappa shape index (κ2) is 15.4. The van der Waals surface area contributed by atoms with Crippen molar-refractivity contribution in [1.82, 2.24) is 29.4 Å². The first kappa shape index (κ1) is 33.4. The fourth-order valence-corrected chi connectivity index (χ4v) is 5.24. The molecule has 0 unspecified atom stereocenters. The highest BCUT2D eigenvalue weighted by Crippen LogP contribution is 2.31. The number of nitrogens with one attached hydrogen (secondary N) is 1. The minimum Gasteiger partial charge on any atom is -0.481 e. The smallest absolute Gasteiger partial charge is 0.303 e. The van der Waals surface area contributed by atoms with E-state index in [-0.39, 0.29) is 37.2 Å². The van der Waals surface area contributed by atoms with Crippen molar-refractivity contribution in [2.75, 3.05) is 18.4 Å². The summed E-state index contributed by atoms with van der Waals surface area (Å²) in [5, 5.41) is 13.3. The summed E-state index contributed by atoms with van der Waals surface area (Å²) in [4.78, 5) is 31.1. The molecule has 3 aromatic heterocycles. The maximum absolute atomic E-state index is 11.1. The number of aryl methyl sites for hydroxylation is 1. The number of halogens is 4. The minimum atomic E-state index is -0.736. The number of aromatic nitrogens is 5. The Morgan fingerprint density at radius 2 is 1.74 bits per heavy atom. The lowest BCUT2D eigenvalue weighted by Gasteiger charge is -2.31. The van der Waals surface area contributed by atoms with Crippen molar-refractivity contribution in [1.29, 1.82) is 0 Å². The van der Waals surface area contributed by atoms with E-state index in [1.165, 1.54) is 0 Å². The number of aliphatic carboxylic acids is 1. The number of anilines is 1. The Morgan fingerprint density at radius 3 is 2.36 bits per heavy atom. The van der Waals surface area contributed by atoms with Crippen molar-refractivity contribution >= 4 is 59.9 Å². The number of hydrogen-bond donors (Lipinski definition) is 2. The molecule has 0 radical (unpaired) electrons. The van der Waals surface area contributed by atoms with E-state index in [4.69, 9.17) is 38.0 Å². The molecule has 1 fully saturated rings. The molecular formula is C28H31Cl4N7O3. The summed E-state index contributed by atoms with van der Waals surface area (Å²) in [5.74, 6) is 1.64. The maximum Gasteiger partial charge on any atom is 0.303 e. The number of imidazole rings is 1. The quantitative estimate of drug-likeness (QED) is 0.197. The maximum atomic E-state index is 11.1. The number of benzene rings is 1. The van der Waals surface area contributed by atoms with E-state index < -0.39 is 5.97 Å². The number of rotatable bonds is 10. The molecule has 0 amide bonds. The van der Waals surface area contributed by atoms with Crippen LogP contribution in [0.1, 0.15) is 30.7 Å². The molecular weight excluding hydrogens is 624 g/mol. The number of ether oxygens (including phenoxy) is 1. The fraction of sp³-hybridized carbons (Fsp3) is 0.321. The predicted octanol–water partition coefficient (Wildman–Crippen LogP) is 6.51. The first-order valence-electron chi connectivity index (χ1n) is 12.9. The lowest BCUT2D eigenvalue weighted by Crippen LogP contribution is -2.33. The van der Waals surface area contributed by atoms with Gasteiger partial charge in [0.05, 0.1) is 24.6 Å². The highest BCUT2D eigenvalue weighted by Gasteiger charge is 2.22. The van der Waals surface area contributed by atoms with Crippen molar-refractivity contribution in [3.8, 4) is 22.9 Å². The standard InChI is InChI=1S/C28H29Cl2N7O3.2ClH/c1-36-7-4-31-25(36)16-34-28-32-14-23(15-33-28)40-26-9-19(17-37-5-2-18(3-6-37)10-27(38)39)8-24(35-26)20-11-21(29)13-22(30)12-20;;/h4,7-9,11-15,18H,2-3,5-6,10,16-17H2,1H3,(H,38,39)(H,32,33,34);2*1H. The first-order valence-corrected chi connectivity index (χ1v) is 13.7. The molecule has 0 atom stereocenters. The van der Waals surface area contributed by atoms with Crippen LogP contribution in [0.15, 0.2) is 55.1 Å². The molecule has 0 bridgehead atoms. The SMILES string of the molecule is Cl.Cl.Cn1ccnc1CNc1ncc(Oc2cc(CN3CCC(CC(=O)O)CC3)cc(-c3cc(Cl)cc(Cl)c3)n2)cn1. The third kappa shape index (κ3) is 9.17. The molecule has 1 saturated heterocycles. The fourth-order valence-electron chi connectivity index (χ4n) is 4.71. The Bertz CT molecular complexity index is 1460. The van der Waals surface area contributed by atoms with Crippen molar-refractivity contribution in [2.45, 2.75) is 32.4 Å². The monoisotopic (exact) mass is 653 g/mol. The van der Waals surface area contributed by atoms with Crippen LogP contribution in [-0.2, 0) is 24.9 Å². The van der Waals surface area contributed by atoms with Crippen molar-refractivity contribution < 1.29 is 14.6 Å². The van der Waals surface area contributed by atoms with Gasteiger partial charge in [-0.25, -0.2) is 19.9 Å². The van der Waals surface area contributed by atoms with Crippen LogP contribution < -0.4 is 10.1 Å². The van der Waals surface area contributed by atoms with E-state index in [1.807, 2.05) is 42.1 Å². The Hall–Kier alpha value is -3.15. The van der Waals surface area contributed by atoms with Crippen molar-refractivity contribution in [3.63, 3.8) is 0 Å². The average Bonchev–Trinajstić information content (AvgIpc) is 3.33. The van der Waals surface area contributed by atoms with E-state index in [2.05, 4.69) is 25.2 Å². The van der Waals surface area contributed by atoms with Gasteiger partial charge in [0, 0.05) is 54.1 Å². The predicted molar refractivity (Wildman–Crippen MR) is 167 cm³/mol. The van der Waals surface area contributed by atoms with Gasteiger partial charge in [0.1, 0.15) is 5.82 Å². The molecule has 10 nitrogen and oxygen atoms in total. The summed E-state index contributed by atoms with van der Waals surface area (Å²) in [6.07, 6.45) is 8.73. The van der Waals surface area contributed by atoms with Gasteiger partial charge in [0.15, 0.2) is 5.75 Å². The molecule has 224 valence electrons. The number of piperidine rings is 1. The second-order valence-corrected chi connectivity index (χ2v) is 10.7. The van der Waals surface area contributed by atoms with Crippen LogP contribution in [0, 0.1) is 5.92 Å². The Morgan fingerprint density at radius 1 is 1.05 bits per heavy atom. The normalized spacial score (nSPS) is 13.6. The van der Waals surface area contributed by atoms with Crippen LogP contribution >= 0.6 is 48.0 Å². The summed E-state index contributed by atoms with van der Waals surface area (Å²) in [7, 11) is 1.93. The van der Waals surface area contributed by atoms with Crippen LogP contribution in [0.3, 0.4) is 0 Å². The number of carboxylic acid groups (broad SMARTS) is 1. The molecule has 5 rings (SSSR count). The van der Waals surface area contributed by atoms with Gasteiger partial charge < -0.3 is 19.7 Å². The summed E-state index contributed by atoms with van der Waals surface area (Å²) < 4.78 is 8.01. The third-order valence-corrected chi connectivity index (χ3v) is 7.21. The molecule has 1 aliphatic heterocycles. The Balaban J connectivity index is 0.00000242. The number of nitrogens with zero attached hydrogens (tertiary/aromatic N) is 6. The molecule has 2 N–H and O–H groups in total. The van der Waals surface area contributed by atoms with E-state index in [0.29, 0.717) is 46.4 Å². The van der Waals surface area contributed by atoms with Gasteiger partial charge in [-0.05, 0) is 61.7 Å². The van der Waals surface area contributed by atoms with Crippen molar-refractivity contribution in [2.24, 2.45) is 13.0 Å². The lowest BCUT2D eigenvalue weighted by atomic mass is 9.93. The zero-order chi connectivity index (χ0) is 28.1. The van der Waals surface area contributed by atoms with Gasteiger partial charge in [0.25, 0.3) is 0 Å². The summed E-state index contributed by atoms with van der Waals surface area (Å²) in [6, 6.07) is 9.19. The van der Waals surface area contributed by atoms with Gasteiger partial charge in [-0.1, -0.05) is 23.2 Å². The number of pyridine rings is 1. The Labute approximate surface area is 266 Å². The molecule has 14 heteroatoms. The highest BCUT2D eigenvalue weighted by molar-refractivity contribution is 6.35. The van der Waals surface area contributed by atoms with Gasteiger partial charge in [-0.15, -0.1) is 24.8 Å². The minimum absolute atomic E-state index is 0. The molecule has 1 aromatic carbocycles. The van der Waals surface area contributed by atoms with Crippen LogP contribution in [0.2, 0.25) is 10.0 Å². The van der Waals surface area contributed by atoms with Gasteiger partial charge in [-0.2, -0.15) is 0 Å². The van der Waals surface area contributed by atoms with Crippen molar-refractivity contribution in [3.05, 3.63) is 76.6 Å². The van der Waals surface area contributed by atoms with Crippen LogP contribution in [-0.4, -0.2) is 53.6 Å². The van der Waals surface area contributed by atoms with Crippen LogP contribution in [0.4, 0.5) is 5.95 Å². The topological polar surface area (TPSA) is 118 Å². The third-order valence-electron chi connectivity index (χ3n) is 6.77. The first-order chi connectivity index (χ1) is 19.3. The largest absolute Gasteiger partial charge is 0.481 e. The summed E-state index contributed by atoms with van der Waals surface area (Å²) in [5.41, 5.74) is 2.45. The molecule has 4 heterocycles. The van der Waals surface area contributed by atoms with Gasteiger partial charge in [-0.3, -0.25) is 9.69 Å². The molecule has 0 saturated carbocycles. The molecule has 1 aliphatic rings. The Kier molecular flexibility index (Phi) is 12.2. The van der Waals surface area contributed by atoms with E-state index in [9.17, 15) is 4.79 Å². The van der Waals surface area contributed by atoms with Crippen LogP contribution in [0.25, 0.3) is 11.3 Å². The summed E-state index contributed by atoms with van der Waals surface area (Å²) in [6.45, 7) is 2.82. The number of hydrogen-bond acceptors (Lipinski definition) is 8. The number of carbonyl (C=O) groups is 1. The zero-order valence-electron chi connectivity index (χ0n) is 22.7. The number of likely N-dealkylation sites (tertiary alicyclic amines) is 1. The molecule has 0 aliphatic carbocycles. The zero-order valence-corrected chi connectivity index (χ0v) is 25.9. The molecule has 42 heavy (non-hydrogen) atoms. The molecule has 0 spiro atoms.